The van der Waals surface area contributed by atoms with Crippen LogP contribution in [0.4, 0.5) is 0 Å². The Balaban J connectivity index is 1.59. The van der Waals surface area contributed by atoms with Gasteiger partial charge in [0, 0.05) is 11.2 Å². The summed E-state index contributed by atoms with van der Waals surface area (Å²) in [7, 11) is 0. The molecule has 0 fully saturated rings. The lowest BCUT2D eigenvalue weighted by Gasteiger charge is -2.09. The van der Waals surface area contributed by atoms with Crippen molar-refractivity contribution in [2.45, 2.75) is 13.3 Å². The van der Waals surface area contributed by atoms with Crippen LogP contribution >= 0.6 is 11.6 Å². The summed E-state index contributed by atoms with van der Waals surface area (Å²) in [5, 5.41) is 7.50. The molecule has 0 radical (unpaired) electrons. The van der Waals surface area contributed by atoms with Gasteiger partial charge in [-0.05, 0) is 42.5 Å². The molecule has 3 aromatic rings. The Bertz CT molecular complexity index is 766. The van der Waals surface area contributed by atoms with Crippen molar-refractivity contribution in [1.82, 2.24) is 15.1 Å². The number of nitrogens with zero attached hydrogens (tertiary/aromatic N) is 2. The van der Waals surface area contributed by atoms with E-state index in [0.717, 1.165) is 0 Å². The van der Waals surface area contributed by atoms with Gasteiger partial charge in [0.1, 0.15) is 17.2 Å². The molecule has 0 aliphatic carbocycles. The Kier molecular flexibility index (Phi) is 4.63. The highest BCUT2D eigenvalue weighted by atomic mass is 35.5. The maximum Gasteiger partial charge on any atom is 0.270 e. The Hall–Kier alpha value is -2.73. The number of carbonyl (C=O) groups excluding carboxylic acids is 1. The van der Waals surface area contributed by atoms with Crippen LogP contribution in [-0.4, -0.2) is 15.7 Å². The molecule has 118 valence electrons. The van der Waals surface area contributed by atoms with Gasteiger partial charge in [-0.15, -0.1) is 0 Å². The molecule has 3 rings (SSSR count). The van der Waals surface area contributed by atoms with Crippen molar-refractivity contribution in [1.29, 1.82) is 0 Å². The highest BCUT2D eigenvalue weighted by Crippen LogP contribution is 2.16. The Morgan fingerprint density at radius 1 is 1.26 bits per heavy atom. The monoisotopic (exact) mass is 331 g/mol. The fraction of sp³-hybridized carbons (Fsp3) is 0.125. The lowest BCUT2D eigenvalue weighted by atomic mass is 10.3. The average Bonchev–Trinajstić information content (AvgIpc) is 3.23. The van der Waals surface area contributed by atoms with Gasteiger partial charge in [0.05, 0.1) is 12.8 Å². The topological polar surface area (TPSA) is 69.3 Å². The maximum absolute atomic E-state index is 12.2. The number of hydrogen-bond donors (Lipinski definition) is 1. The Morgan fingerprint density at radius 2 is 2.09 bits per heavy atom. The SMILES string of the molecule is O=C(NCc1ccco1)c1ccnn1COc1ccc(Cl)cc1. The average molecular weight is 332 g/mol. The van der Waals surface area contributed by atoms with E-state index in [1.165, 1.54) is 4.68 Å². The molecule has 1 N–H and O–H groups in total. The van der Waals surface area contributed by atoms with Gasteiger partial charge in [0.25, 0.3) is 5.91 Å². The predicted molar refractivity (Wildman–Crippen MR) is 84.2 cm³/mol. The van der Waals surface area contributed by atoms with Gasteiger partial charge in [-0.2, -0.15) is 5.10 Å². The normalized spacial score (nSPS) is 10.5. The lowest BCUT2D eigenvalue weighted by molar-refractivity contribution is 0.0926. The first kappa shape index (κ1) is 15.2. The van der Waals surface area contributed by atoms with Crippen LogP contribution in [0.3, 0.4) is 0 Å². The molecule has 1 amide bonds. The largest absolute Gasteiger partial charge is 0.471 e. The van der Waals surface area contributed by atoms with Gasteiger partial charge in [0.2, 0.25) is 0 Å². The van der Waals surface area contributed by atoms with Crippen LogP contribution in [0.5, 0.6) is 5.75 Å². The summed E-state index contributed by atoms with van der Waals surface area (Å²) in [5.41, 5.74) is 0.408. The van der Waals surface area contributed by atoms with E-state index in [1.807, 2.05) is 0 Å². The Labute approximate surface area is 137 Å². The molecule has 0 bridgehead atoms. The van der Waals surface area contributed by atoms with E-state index in [4.69, 9.17) is 20.8 Å². The van der Waals surface area contributed by atoms with Crippen molar-refractivity contribution in [3.63, 3.8) is 0 Å². The summed E-state index contributed by atoms with van der Waals surface area (Å²) in [6.07, 6.45) is 3.11. The second-order valence-corrected chi connectivity index (χ2v) is 5.14. The minimum absolute atomic E-state index is 0.123. The van der Waals surface area contributed by atoms with E-state index >= 15 is 0 Å². The summed E-state index contributed by atoms with van der Waals surface area (Å²) < 4.78 is 12.2. The Morgan fingerprint density at radius 3 is 2.83 bits per heavy atom. The van der Waals surface area contributed by atoms with Gasteiger partial charge >= 0.3 is 0 Å². The van der Waals surface area contributed by atoms with Crippen LogP contribution in [-0.2, 0) is 13.3 Å². The maximum atomic E-state index is 12.2. The number of ether oxygens (including phenoxy) is 1. The van der Waals surface area contributed by atoms with Gasteiger partial charge in [-0.1, -0.05) is 11.6 Å². The standard InChI is InChI=1S/C16H14ClN3O3/c17-12-3-5-13(6-4-12)23-11-20-15(7-8-19-20)16(21)18-10-14-2-1-9-22-14/h1-9H,10-11H2,(H,18,21). The molecule has 0 saturated heterocycles. The van der Waals surface area contributed by atoms with E-state index in [2.05, 4.69) is 10.4 Å². The first-order chi connectivity index (χ1) is 11.2. The third-order valence-electron chi connectivity index (χ3n) is 3.12. The predicted octanol–water partition coefficient (Wildman–Crippen LogP) is 3.10. The van der Waals surface area contributed by atoms with Crippen LogP contribution in [0.25, 0.3) is 0 Å². The molecule has 1 aromatic carbocycles. The van der Waals surface area contributed by atoms with Crippen LogP contribution in [0.2, 0.25) is 5.02 Å². The van der Waals surface area contributed by atoms with Crippen molar-refractivity contribution in [3.05, 3.63) is 71.4 Å². The van der Waals surface area contributed by atoms with Gasteiger partial charge in [0.15, 0.2) is 6.73 Å². The molecule has 2 aromatic heterocycles. The fourth-order valence-corrected chi connectivity index (χ4v) is 2.09. The molecule has 0 atom stereocenters. The molecule has 0 aliphatic heterocycles. The van der Waals surface area contributed by atoms with E-state index in [9.17, 15) is 4.79 Å². The third kappa shape index (κ3) is 3.92. The van der Waals surface area contributed by atoms with Crippen molar-refractivity contribution >= 4 is 17.5 Å². The highest BCUT2D eigenvalue weighted by Gasteiger charge is 2.12. The van der Waals surface area contributed by atoms with Crippen molar-refractivity contribution < 1.29 is 13.9 Å². The first-order valence-electron chi connectivity index (χ1n) is 6.93. The number of carbonyl (C=O) groups is 1. The molecule has 6 nitrogen and oxygen atoms in total. The smallest absolute Gasteiger partial charge is 0.270 e. The van der Waals surface area contributed by atoms with Gasteiger partial charge in [-0.25, -0.2) is 4.68 Å². The summed E-state index contributed by atoms with van der Waals surface area (Å²) >= 11 is 5.82. The number of benzene rings is 1. The zero-order valence-electron chi connectivity index (χ0n) is 12.1. The number of amides is 1. The summed E-state index contributed by atoms with van der Waals surface area (Å²) in [5.74, 6) is 1.08. The molecule has 0 unspecified atom stereocenters. The molecule has 0 saturated carbocycles. The van der Waals surface area contributed by atoms with E-state index in [-0.39, 0.29) is 12.6 Å². The molecule has 0 spiro atoms. The zero-order valence-corrected chi connectivity index (χ0v) is 12.9. The number of hydrogen-bond acceptors (Lipinski definition) is 4. The highest BCUT2D eigenvalue weighted by molar-refractivity contribution is 6.30. The third-order valence-corrected chi connectivity index (χ3v) is 3.37. The molecule has 0 aliphatic rings. The van der Waals surface area contributed by atoms with Crippen LogP contribution in [0.15, 0.2) is 59.3 Å². The number of halogens is 1. The van der Waals surface area contributed by atoms with Gasteiger partial charge < -0.3 is 14.5 Å². The van der Waals surface area contributed by atoms with Crippen LogP contribution in [0, 0.1) is 0 Å². The molecule has 23 heavy (non-hydrogen) atoms. The first-order valence-corrected chi connectivity index (χ1v) is 7.31. The van der Waals surface area contributed by atoms with E-state index in [0.29, 0.717) is 28.8 Å². The summed E-state index contributed by atoms with van der Waals surface area (Å²) in [6.45, 7) is 0.438. The quantitative estimate of drug-likeness (QED) is 0.753. The van der Waals surface area contributed by atoms with E-state index < -0.39 is 0 Å². The lowest BCUT2D eigenvalue weighted by Crippen LogP contribution is -2.26. The minimum Gasteiger partial charge on any atom is -0.471 e. The van der Waals surface area contributed by atoms with Gasteiger partial charge in [-0.3, -0.25) is 4.79 Å². The van der Waals surface area contributed by atoms with E-state index in [1.54, 1.807) is 54.9 Å². The number of furan rings is 1. The number of rotatable bonds is 6. The fourth-order valence-electron chi connectivity index (χ4n) is 1.97. The minimum atomic E-state index is -0.251. The number of nitrogens with one attached hydrogen (secondary N) is 1. The summed E-state index contributed by atoms with van der Waals surface area (Å²) in [6, 6.07) is 12.2. The zero-order chi connectivity index (χ0) is 16.1. The van der Waals surface area contributed by atoms with Crippen molar-refractivity contribution in [2.24, 2.45) is 0 Å². The summed E-state index contributed by atoms with van der Waals surface area (Å²) in [4.78, 5) is 12.2. The van der Waals surface area contributed by atoms with Crippen molar-refractivity contribution in [2.75, 3.05) is 0 Å². The van der Waals surface area contributed by atoms with Crippen LogP contribution < -0.4 is 10.1 Å². The molecular formula is C16H14ClN3O3. The van der Waals surface area contributed by atoms with Crippen molar-refractivity contribution in [3.8, 4) is 5.75 Å². The van der Waals surface area contributed by atoms with Crippen LogP contribution in [0.1, 0.15) is 16.2 Å². The second-order valence-electron chi connectivity index (χ2n) is 4.71. The molecule has 2 heterocycles. The number of aromatic nitrogens is 2. The molecule has 7 heteroatoms. The molecular weight excluding hydrogens is 318 g/mol. The second kappa shape index (κ2) is 7.02.